The molecule has 3 heteroatoms. The molecule has 0 bridgehead atoms. The lowest BCUT2D eigenvalue weighted by molar-refractivity contribution is 0.240. The Morgan fingerprint density at radius 3 is 2.93 bits per heavy atom. The fourth-order valence-corrected chi connectivity index (χ4v) is 3.02. The SMILES string of the molecule is CCCC(CBr)CN1CCC(CCO)C1. The number of alkyl halides is 1. The van der Waals surface area contributed by atoms with Crippen molar-refractivity contribution in [2.75, 3.05) is 31.6 Å². The predicted molar refractivity (Wildman–Crippen MR) is 68.4 cm³/mol. The highest BCUT2D eigenvalue weighted by molar-refractivity contribution is 9.09. The minimum absolute atomic E-state index is 0.356. The van der Waals surface area contributed by atoms with Crippen LogP contribution in [0.5, 0.6) is 0 Å². The van der Waals surface area contributed by atoms with Gasteiger partial charge in [0.05, 0.1) is 0 Å². The molecule has 0 spiro atoms. The third-order valence-electron chi connectivity index (χ3n) is 3.34. The molecule has 1 heterocycles. The minimum atomic E-state index is 0.356. The molecule has 0 radical (unpaired) electrons. The Balaban J connectivity index is 2.21. The summed E-state index contributed by atoms with van der Waals surface area (Å²) in [7, 11) is 0. The van der Waals surface area contributed by atoms with E-state index in [0.29, 0.717) is 6.61 Å². The van der Waals surface area contributed by atoms with Crippen molar-refractivity contribution in [3.05, 3.63) is 0 Å². The zero-order valence-corrected chi connectivity index (χ0v) is 11.4. The molecule has 2 unspecified atom stereocenters. The molecular weight excluding hydrogens is 254 g/mol. The zero-order chi connectivity index (χ0) is 11.1. The predicted octanol–water partition coefficient (Wildman–Crippen LogP) is 2.50. The number of rotatable bonds is 7. The fraction of sp³-hybridized carbons (Fsp3) is 1.00. The summed E-state index contributed by atoms with van der Waals surface area (Å²) < 4.78 is 0. The average molecular weight is 278 g/mol. The Hall–Kier alpha value is 0.400. The van der Waals surface area contributed by atoms with Gasteiger partial charge in [-0.05, 0) is 37.6 Å². The van der Waals surface area contributed by atoms with Crippen LogP contribution in [0.1, 0.15) is 32.6 Å². The van der Waals surface area contributed by atoms with Crippen LogP contribution in [-0.2, 0) is 0 Å². The van der Waals surface area contributed by atoms with Crippen molar-refractivity contribution >= 4 is 15.9 Å². The molecule has 0 aromatic rings. The van der Waals surface area contributed by atoms with E-state index in [1.54, 1.807) is 0 Å². The van der Waals surface area contributed by atoms with Gasteiger partial charge in [-0.3, -0.25) is 0 Å². The van der Waals surface area contributed by atoms with Gasteiger partial charge in [0.15, 0.2) is 0 Å². The Morgan fingerprint density at radius 1 is 1.53 bits per heavy atom. The quantitative estimate of drug-likeness (QED) is 0.723. The van der Waals surface area contributed by atoms with Crippen LogP contribution in [0, 0.1) is 11.8 Å². The molecule has 0 aliphatic carbocycles. The smallest absolute Gasteiger partial charge is 0.0434 e. The first-order chi connectivity index (χ1) is 7.30. The van der Waals surface area contributed by atoms with Crippen LogP contribution in [0.4, 0.5) is 0 Å². The van der Waals surface area contributed by atoms with E-state index in [1.807, 2.05) is 0 Å². The Labute approximate surface area is 102 Å². The van der Waals surface area contributed by atoms with Gasteiger partial charge in [0.2, 0.25) is 0 Å². The van der Waals surface area contributed by atoms with E-state index in [4.69, 9.17) is 5.11 Å². The summed E-state index contributed by atoms with van der Waals surface area (Å²) in [6.07, 6.45) is 4.88. The first-order valence-electron chi connectivity index (χ1n) is 6.19. The topological polar surface area (TPSA) is 23.5 Å². The van der Waals surface area contributed by atoms with Gasteiger partial charge in [-0.15, -0.1) is 0 Å². The standard InChI is InChI=1S/C12H24BrNO/c1-2-3-12(8-13)10-14-6-4-11(9-14)5-7-15/h11-12,15H,2-10H2,1H3. The lowest BCUT2D eigenvalue weighted by Gasteiger charge is -2.21. The molecule has 0 saturated carbocycles. The maximum absolute atomic E-state index is 8.90. The molecule has 90 valence electrons. The number of halogens is 1. The molecule has 1 N–H and O–H groups in total. The van der Waals surface area contributed by atoms with Crippen LogP contribution in [0.15, 0.2) is 0 Å². The summed E-state index contributed by atoms with van der Waals surface area (Å²) in [4.78, 5) is 2.57. The third kappa shape index (κ3) is 4.83. The molecule has 0 aromatic carbocycles. The summed E-state index contributed by atoms with van der Waals surface area (Å²) in [5.74, 6) is 1.55. The lowest BCUT2D eigenvalue weighted by Crippen LogP contribution is -2.28. The number of hydrogen-bond acceptors (Lipinski definition) is 2. The van der Waals surface area contributed by atoms with Crippen molar-refractivity contribution in [1.82, 2.24) is 4.90 Å². The highest BCUT2D eigenvalue weighted by Gasteiger charge is 2.23. The van der Waals surface area contributed by atoms with E-state index >= 15 is 0 Å². The Kier molecular flexibility index (Phi) is 6.86. The largest absolute Gasteiger partial charge is 0.396 e. The summed E-state index contributed by atoms with van der Waals surface area (Å²) in [6.45, 7) is 6.29. The number of likely N-dealkylation sites (tertiary alicyclic amines) is 1. The van der Waals surface area contributed by atoms with Gasteiger partial charge < -0.3 is 10.0 Å². The van der Waals surface area contributed by atoms with E-state index in [9.17, 15) is 0 Å². The molecular formula is C12H24BrNO. The van der Waals surface area contributed by atoms with Gasteiger partial charge in [-0.25, -0.2) is 0 Å². The average Bonchev–Trinajstić information content (AvgIpc) is 2.66. The normalized spacial score (nSPS) is 24.6. The summed E-state index contributed by atoms with van der Waals surface area (Å²) in [5, 5.41) is 10.0. The maximum Gasteiger partial charge on any atom is 0.0434 e. The third-order valence-corrected chi connectivity index (χ3v) is 4.25. The van der Waals surface area contributed by atoms with Crippen LogP contribution in [0.2, 0.25) is 0 Å². The van der Waals surface area contributed by atoms with Crippen LogP contribution in [0.25, 0.3) is 0 Å². The van der Waals surface area contributed by atoms with Gasteiger partial charge in [0, 0.05) is 25.0 Å². The van der Waals surface area contributed by atoms with Crippen molar-refractivity contribution in [1.29, 1.82) is 0 Å². The minimum Gasteiger partial charge on any atom is -0.396 e. The molecule has 2 nitrogen and oxygen atoms in total. The number of nitrogens with zero attached hydrogens (tertiary/aromatic N) is 1. The van der Waals surface area contributed by atoms with Crippen LogP contribution in [-0.4, -0.2) is 41.6 Å². The van der Waals surface area contributed by atoms with Gasteiger partial charge >= 0.3 is 0 Å². The summed E-state index contributed by atoms with van der Waals surface area (Å²) in [5.41, 5.74) is 0. The second-order valence-electron chi connectivity index (χ2n) is 4.74. The molecule has 1 fully saturated rings. The van der Waals surface area contributed by atoms with Crippen LogP contribution >= 0.6 is 15.9 Å². The van der Waals surface area contributed by atoms with Crippen molar-refractivity contribution in [3.63, 3.8) is 0 Å². The molecule has 1 aliphatic heterocycles. The first kappa shape index (κ1) is 13.5. The van der Waals surface area contributed by atoms with E-state index in [2.05, 4.69) is 27.8 Å². The second kappa shape index (κ2) is 7.64. The van der Waals surface area contributed by atoms with E-state index < -0.39 is 0 Å². The highest BCUT2D eigenvalue weighted by Crippen LogP contribution is 2.21. The summed E-state index contributed by atoms with van der Waals surface area (Å²) >= 11 is 3.60. The van der Waals surface area contributed by atoms with Gasteiger partial charge in [-0.2, -0.15) is 0 Å². The molecule has 1 saturated heterocycles. The maximum atomic E-state index is 8.90. The van der Waals surface area contributed by atoms with Crippen molar-refractivity contribution in [2.45, 2.75) is 32.6 Å². The summed E-state index contributed by atoms with van der Waals surface area (Å²) in [6, 6.07) is 0. The molecule has 0 amide bonds. The fourth-order valence-electron chi connectivity index (χ4n) is 2.49. The Bertz CT molecular complexity index is 166. The van der Waals surface area contributed by atoms with Crippen LogP contribution < -0.4 is 0 Å². The monoisotopic (exact) mass is 277 g/mol. The van der Waals surface area contributed by atoms with E-state index in [0.717, 1.165) is 23.6 Å². The number of hydrogen-bond donors (Lipinski definition) is 1. The first-order valence-corrected chi connectivity index (χ1v) is 7.31. The molecule has 15 heavy (non-hydrogen) atoms. The highest BCUT2D eigenvalue weighted by atomic mass is 79.9. The number of aliphatic hydroxyl groups is 1. The van der Waals surface area contributed by atoms with Gasteiger partial charge in [0.25, 0.3) is 0 Å². The molecule has 2 atom stereocenters. The van der Waals surface area contributed by atoms with Gasteiger partial charge in [0.1, 0.15) is 0 Å². The van der Waals surface area contributed by atoms with Gasteiger partial charge in [-0.1, -0.05) is 29.3 Å². The molecule has 1 aliphatic rings. The van der Waals surface area contributed by atoms with E-state index in [1.165, 1.54) is 38.9 Å². The second-order valence-corrected chi connectivity index (χ2v) is 5.38. The van der Waals surface area contributed by atoms with Crippen molar-refractivity contribution in [3.8, 4) is 0 Å². The Morgan fingerprint density at radius 2 is 2.33 bits per heavy atom. The lowest BCUT2D eigenvalue weighted by atomic mass is 10.1. The number of aliphatic hydroxyl groups excluding tert-OH is 1. The van der Waals surface area contributed by atoms with Crippen molar-refractivity contribution in [2.24, 2.45) is 11.8 Å². The molecule has 0 aromatic heterocycles. The van der Waals surface area contributed by atoms with E-state index in [-0.39, 0.29) is 0 Å². The molecule has 1 rings (SSSR count). The zero-order valence-electron chi connectivity index (χ0n) is 9.79. The van der Waals surface area contributed by atoms with Crippen molar-refractivity contribution < 1.29 is 5.11 Å². The van der Waals surface area contributed by atoms with Crippen LogP contribution in [0.3, 0.4) is 0 Å².